The van der Waals surface area contributed by atoms with E-state index >= 15 is 0 Å². The number of Topliss-reactive ketones (excluding diaryl/α,β-unsaturated/α-hetero) is 1. The molecule has 2 aliphatic heterocycles. The number of anilines is 1. The summed E-state index contributed by atoms with van der Waals surface area (Å²) in [6.07, 6.45) is 0. The van der Waals surface area contributed by atoms with E-state index in [1.54, 1.807) is 31.4 Å². The number of hydrogen-bond donors (Lipinski definition) is 0. The summed E-state index contributed by atoms with van der Waals surface area (Å²) >= 11 is 5.96. The van der Waals surface area contributed by atoms with Crippen LogP contribution in [0.1, 0.15) is 15.9 Å². The Morgan fingerprint density at radius 2 is 1.76 bits per heavy atom. The van der Waals surface area contributed by atoms with E-state index in [2.05, 4.69) is 9.80 Å². The van der Waals surface area contributed by atoms with Crippen LogP contribution in [0.5, 0.6) is 5.75 Å². The van der Waals surface area contributed by atoms with Crippen LogP contribution < -0.4 is 9.64 Å². The molecule has 0 saturated carbocycles. The zero-order chi connectivity index (χ0) is 20.5. The zero-order valence-electron chi connectivity index (χ0n) is 16.0. The largest absolute Gasteiger partial charge is 0.496 e. The van der Waals surface area contributed by atoms with E-state index in [4.69, 9.17) is 16.3 Å². The predicted octanol–water partition coefficient (Wildman–Crippen LogP) is 2.79. The van der Waals surface area contributed by atoms with Crippen molar-refractivity contribution in [1.82, 2.24) is 9.80 Å². The van der Waals surface area contributed by atoms with Gasteiger partial charge in [-0.15, -0.1) is 0 Å². The third kappa shape index (κ3) is 3.99. The lowest BCUT2D eigenvalue weighted by Gasteiger charge is -2.36. The maximum absolute atomic E-state index is 13.6. The summed E-state index contributed by atoms with van der Waals surface area (Å²) in [7, 11) is 1.58. The van der Waals surface area contributed by atoms with E-state index in [1.807, 2.05) is 0 Å². The van der Waals surface area contributed by atoms with E-state index in [0.29, 0.717) is 35.2 Å². The van der Waals surface area contributed by atoms with Crippen molar-refractivity contribution in [2.24, 2.45) is 0 Å². The van der Waals surface area contributed by atoms with Gasteiger partial charge in [0.2, 0.25) is 0 Å². The summed E-state index contributed by atoms with van der Waals surface area (Å²) in [5.74, 6) is -0.644. The number of halogens is 2. The highest BCUT2D eigenvalue weighted by atomic mass is 35.5. The second-order valence-corrected chi connectivity index (χ2v) is 7.65. The Labute approximate surface area is 173 Å². The van der Waals surface area contributed by atoms with Crippen LogP contribution in [0, 0.1) is 5.82 Å². The maximum atomic E-state index is 13.6. The second kappa shape index (κ2) is 8.10. The molecule has 6 nitrogen and oxygen atoms in total. The van der Waals surface area contributed by atoms with Crippen molar-refractivity contribution in [2.75, 3.05) is 44.9 Å². The third-order valence-corrected chi connectivity index (χ3v) is 5.61. The minimum Gasteiger partial charge on any atom is -0.496 e. The Kier molecular flexibility index (Phi) is 5.54. The molecule has 0 spiro atoms. The van der Waals surface area contributed by atoms with Crippen LogP contribution in [0.15, 0.2) is 36.4 Å². The summed E-state index contributed by atoms with van der Waals surface area (Å²) in [5, 5.41) is 0.438. The molecule has 0 aromatic heterocycles. The van der Waals surface area contributed by atoms with Crippen LogP contribution in [0.2, 0.25) is 5.02 Å². The average Bonchev–Trinajstić information content (AvgIpc) is 2.94. The quantitative estimate of drug-likeness (QED) is 0.700. The minimum absolute atomic E-state index is 0.282. The molecule has 2 aliphatic rings. The highest BCUT2D eigenvalue weighted by molar-refractivity contribution is 6.52. The SMILES string of the molecule is COc1ccc(F)cc1CN1CCN(CN2C(=O)C(=O)c3cc(Cl)ccc32)CC1. The smallest absolute Gasteiger partial charge is 0.300 e. The molecule has 0 bridgehead atoms. The highest BCUT2D eigenvalue weighted by Crippen LogP contribution is 2.31. The van der Waals surface area contributed by atoms with Gasteiger partial charge >= 0.3 is 5.91 Å². The molecule has 2 heterocycles. The number of nitrogens with zero attached hydrogens (tertiary/aromatic N) is 3. The van der Waals surface area contributed by atoms with Gasteiger partial charge in [0.15, 0.2) is 0 Å². The number of ether oxygens (including phenoxy) is 1. The van der Waals surface area contributed by atoms with Crippen LogP contribution in [-0.2, 0) is 11.3 Å². The van der Waals surface area contributed by atoms with Crippen molar-refractivity contribution in [2.45, 2.75) is 6.54 Å². The Morgan fingerprint density at radius 3 is 2.48 bits per heavy atom. The molecule has 152 valence electrons. The summed E-state index contributed by atoms with van der Waals surface area (Å²) in [6, 6.07) is 9.47. The standard InChI is InChI=1S/C21H21ClFN3O3/c1-29-19-5-3-16(23)10-14(19)12-24-6-8-25(9-7-24)13-26-18-4-2-15(22)11-17(18)20(27)21(26)28/h2-5,10-11H,6-9,12-13H2,1H3. The van der Waals surface area contributed by atoms with E-state index in [-0.39, 0.29) is 5.82 Å². The van der Waals surface area contributed by atoms with E-state index in [0.717, 1.165) is 31.7 Å². The number of benzene rings is 2. The molecule has 0 atom stereocenters. The van der Waals surface area contributed by atoms with Gasteiger partial charge in [0.25, 0.3) is 5.78 Å². The molecule has 4 rings (SSSR count). The third-order valence-electron chi connectivity index (χ3n) is 5.38. The Morgan fingerprint density at radius 1 is 1.03 bits per heavy atom. The number of amides is 1. The number of carbonyl (C=O) groups excluding carboxylic acids is 2. The molecule has 1 amide bonds. The van der Waals surface area contributed by atoms with Gasteiger partial charge < -0.3 is 4.74 Å². The van der Waals surface area contributed by atoms with Gasteiger partial charge in [-0.3, -0.25) is 24.3 Å². The fraction of sp³-hybridized carbons (Fsp3) is 0.333. The molecule has 8 heteroatoms. The van der Waals surface area contributed by atoms with Crippen LogP contribution in [0.3, 0.4) is 0 Å². The second-order valence-electron chi connectivity index (χ2n) is 7.22. The van der Waals surface area contributed by atoms with E-state index in [9.17, 15) is 14.0 Å². The Hall–Kier alpha value is -2.48. The van der Waals surface area contributed by atoms with Gasteiger partial charge in [0, 0.05) is 43.3 Å². The lowest BCUT2D eigenvalue weighted by atomic mass is 10.1. The van der Waals surface area contributed by atoms with Gasteiger partial charge in [0.1, 0.15) is 11.6 Å². The van der Waals surface area contributed by atoms with E-state index in [1.165, 1.54) is 17.0 Å². The molecule has 0 unspecified atom stereocenters. The average molecular weight is 418 g/mol. The highest BCUT2D eigenvalue weighted by Gasteiger charge is 2.37. The molecular weight excluding hydrogens is 397 g/mol. The molecule has 2 aromatic carbocycles. The fourth-order valence-electron chi connectivity index (χ4n) is 3.81. The van der Waals surface area contributed by atoms with Crippen molar-refractivity contribution in [3.8, 4) is 5.75 Å². The van der Waals surface area contributed by atoms with Gasteiger partial charge in [0.05, 0.1) is 25.0 Å². The van der Waals surface area contributed by atoms with Gasteiger partial charge in [-0.2, -0.15) is 0 Å². The molecule has 0 N–H and O–H groups in total. The molecule has 0 aliphatic carbocycles. The first kappa shape index (κ1) is 19.8. The van der Waals surface area contributed by atoms with Crippen LogP contribution >= 0.6 is 11.6 Å². The van der Waals surface area contributed by atoms with Crippen molar-refractivity contribution in [1.29, 1.82) is 0 Å². The van der Waals surface area contributed by atoms with Crippen LogP contribution in [-0.4, -0.2) is 61.4 Å². The Balaban J connectivity index is 1.38. The molecule has 29 heavy (non-hydrogen) atoms. The summed E-state index contributed by atoms with van der Waals surface area (Å²) in [6.45, 7) is 3.96. The van der Waals surface area contributed by atoms with Crippen molar-refractivity contribution >= 4 is 29.0 Å². The van der Waals surface area contributed by atoms with Gasteiger partial charge in [-0.25, -0.2) is 4.39 Å². The number of fused-ring (bicyclic) bond motifs is 1. The summed E-state index contributed by atoms with van der Waals surface area (Å²) < 4.78 is 18.9. The topological polar surface area (TPSA) is 53.1 Å². The lowest BCUT2D eigenvalue weighted by molar-refractivity contribution is -0.114. The van der Waals surface area contributed by atoms with Crippen LogP contribution in [0.4, 0.5) is 10.1 Å². The van der Waals surface area contributed by atoms with Gasteiger partial charge in [-0.1, -0.05) is 11.6 Å². The first-order chi connectivity index (χ1) is 14.0. The van der Waals surface area contributed by atoms with Crippen molar-refractivity contribution in [3.05, 3.63) is 58.4 Å². The zero-order valence-corrected chi connectivity index (χ0v) is 16.8. The number of rotatable bonds is 5. The number of hydrogen-bond acceptors (Lipinski definition) is 5. The molecule has 2 aromatic rings. The van der Waals surface area contributed by atoms with Gasteiger partial charge in [-0.05, 0) is 36.4 Å². The predicted molar refractivity (Wildman–Crippen MR) is 108 cm³/mol. The number of methoxy groups -OCH3 is 1. The molecular formula is C21H21ClFN3O3. The first-order valence-electron chi connectivity index (χ1n) is 9.39. The first-order valence-corrected chi connectivity index (χ1v) is 9.77. The number of ketones is 1. The molecule has 1 fully saturated rings. The number of carbonyl (C=O) groups is 2. The number of piperazine rings is 1. The summed E-state index contributed by atoms with van der Waals surface area (Å²) in [4.78, 5) is 30.5. The maximum Gasteiger partial charge on any atom is 0.300 e. The monoisotopic (exact) mass is 417 g/mol. The minimum atomic E-state index is -0.519. The fourth-order valence-corrected chi connectivity index (χ4v) is 3.99. The molecule has 0 radical (unpaired) electrons. The van der Waals surface area contributed by atoms with Crippen molar-refractivity contribution in [3.63, 3.8) is 0 Å². The lowest BCUT2D eigenvalue weighted by Crippen LogP contribution is -2.50. The summed E-state index contributed by atoms with van der Waals surface area (Å²) in [5.41, 5.74) is 1.78. The van der Waals surface area contributed by atoms with Crippen LogP contribution in [0.25, 0.3) is 0 Å². The Bertz CT molecular complexity index is 960. The van der Waals surface area contributed by atoms with Crippen molar-refractivity contribution < 1.29 is 18.7 Å². The molecule has 1 saturated heterocycles. The normalized spacial score (nSPS) is 17.7. The van der Waals surface area contributed by atoms with E-state index < -0.39 is 11.7 Å².